The van der Waals surface area contributed by atoms with Gasteiger partial charge >= 0.3 is 11.9 Å². The largest absolute Gasteiger partial charge is 0.463 e. The second kappa shape index (κ2) is 10.5. The Bertz CT molecular complexity index is 418. The molecule has 0 bridgehead atoms. The number of hydrogen-bond donors (Lipinski definition) is 1. The fraction of sp³-hybridized carbons (Fsp3) is 0.789. The molecule has 0 aliphatic heterocycles. The molecular weight excluding hydrogens is 306 g/mol. The Morgan fingerprint density at radius 2 is 1.83 bits per heavy atom. The average Bonchev–Trinajstić information content (AvgIpc) is 2.49. The molecule has 1 aliphatic carbocycles. The van der Waals surface area contributed by atoms with Gasteiger partial charge in [-0.2, -0.15) is 0 Å². The first-order chi connectivity index (χ1) is 11.3. The first-order valence-corrected chi connectivity index (χ1v) is 9.07. The highest BCUT2D eigenvalue weighted by Crippen LogP contribution is 2.31. The van der Waals surface area contributed by atoms with Crippen molar-refractivity contribution in [2.45, 2.75) is 65.4 Å². The van der Waals surface area contributed by atoms with E-state index < -0.39 is 5.60 Å². The first kappa shape index (κ1) is 20.7. The van der Waals surface area contributed by atoms with Crippen LogP contribution in [-0.2, 0) is 19.1 Å². The molecule has 0 aromatic carbocycles. The van der Waals surface area contributed by atoms with Gasteiger partial charge < -0.3 is 14.8 Å². The molecule has 0 aromatic rings. The Kier molecular flexibility index (Phi) is 9.04. The number of allylic oxidation sites excluding steroid dienone is 1. The molecule has 0 heterocycles. The SMILES string of the molecule is CCOC(=O)/C=C/C1CCC(CCNCC(=O)OC(C)(C)C)CC1. The third-order valence-corrected chi connectivity index (χ3v) is 4.10. The smallest absolute Gasteiger partial charge is 0.330 e. The molecule has 0 aromatic heterocycles. The molecule has 1 saturated carbocycles. The van der Waals surface area contributed by atoms with Crippen LogP contribution in [0.25, 0.3) is 0 Å². The molecule has 1 fully saturated rings. The van der Waals surface area contributed by atoms with Gasteiger partial charge in [-0.05, 0) is 78.2 Å². The number of carbonyl (C=O) groups excluding carboxylic acids is 2. The van der Waals surface area contributed by atoms with E-state index >= 15 is 0 Å². The van der Waals surface area contributed by atoms with Crippen molar-refractivity contribution in [2.24, 2.45) is 11.8 Å². The van der Waals surface area contributed by atoms with Crippen molar-refractivity contribution >= 4 is 11.9 Å². The number of hydrogen-bond acceptors (Lipinski definition) is 5. The molecule has 0 atom stereocenters. The summed E-state index contributed by atoms with van der Waals surface area (Å²) in [7, 11) is 0. The van der Waals surface area contributed by atoms with Crippen LogP contribution < -0.4 is 5.32 Å². The monoisotopic (exact) mass is 339 g/mol. The van der Waals surface area contributed by atoms with Crippen LogP contribution in [0.3, 0.4) is 0 Å². The van der Waals surface area contributed by atoms with Crippen molar-refractivity contribution < 1.29 is 19.1 Å². The molecule has 5 heteroatoms. The summed E-state index contributed by atoms with van der Waals surface area (Å²) in [5.41, 5.74) is -0.422. The average molecular weight is 339 g/mol. The van der Waals surface area contributed by atoms with Crippen LogP contribution in [0.5, 0.6) is 0 Å². The topological polar surface area (TPSA) is 64.6 Å². The lowest BCUT2D eigenvalue weighted by Crippen LogP contribution is -2.32. The number of nitrogens with one attached hydrogen (secondary N) is 1. The summed E-state index contributed by atoms with van der Waals surface area (Å²) in [5.74, 6) is 0.741. The van der Waals surface area contributed by atoms with E-state index in [1.54, 1.807) is 6.08 Å². The third-order valence-electron chi connectivity index (χ3n) is 4.10. The van der Waals surface area contributed by atoms with Gasteiger partial charge in [-0.1, -0.05) is 6.08 Å². The molecule has 1 aliphatic rings. The van der Waals surface area contributed by atoms with Gasteiger partial charge in [-0.15, -0.1) is 0 Å². The van der Waals surface area contributed by atoms with Crippen LogP contribution in [0.4, 0.5) is 0 Å². The minimum atomic E-state index is -0.422. The maximum Gasteiger partial charge on any atom is 0.330 e. The lowest BCUT2D eigenvalue weighted by molar-refractivity contribution is -0.153. The minimum Gasteiger partial charge on any atom is -0.463 e. The summed E-state index contributed by atoms with van der Waals surface area (Å²) in [6, 6.07) is 0. The second-order valence-electron chi connectivity index (χ2n) is 7.44. The Hall–Kier alpha value is -1.36. The number of rotatable bonds is 8. The summed E-state index contributed by atoms with van der Waals surface area (Å²) in [4.78, 5) is 22.9. The van der Waals surface area contributed by atoms with Gasteiger partial charge in [0.1, 0.15) is 5.60 Å². The van der Waals surface area contributed by atoms with Crippen LogP contribution in [0.15, 0.2) is 12.2 Å². The maximum atomic E-state index is 11.6. The summed E-state index contributed by atoms with van der Waals surface area (Å²) in [5, 5.41) is 3.17. The highest BCUT2D eigenvalue weighted by Gasteiger charge is 2.20. The lowest BCUT2D eigenvalue weighted by atomic mass is 9.80. The van der Waals surface area contributed by atoms with Crippen LogP contribution in [0.2, 0.25) is 0 Å². The molecular formula is C19H33NO4. The second-order valence-corrected chi connectivity index (χ2v) is 7.44. The van der Waals surface area contributed by atoms with Crippen molar-refractivity contribution in [3.05, 3.63) is 12.2 Å². The zero-order valence-electron chi connectivity index (χ0n) is 15.6. The summed E-state index contributed by atoms with van der Waals surface area (Å²) >= 11 is 0. The van der Waals surface area contributed by atoms with Crippen molar-refractivity contribution in [1.29, 1.82) is 0 Å². The minimum absolute atomic E-state index is 0.199. The van der Waals surface area contributed by atoms with Gasteiger partial charge in [-0.3, -0.25) is 4.79 Å². The summed E-state index contributed by atoms with van der Waals surface area (Å²) in [6.07, 6.45) is 9.22. The predicted molar refractivity (Wildman–Crippen MR) is 94.6 cm³/mol. The van der Waals surface area contributed by atoms with Gasteiger partial charge in [0, 0.05) is 6.08 Å². The zero-order chi connectivity index (χ0) is 18.0. The standard InChI is InChI=1S/C19H33NO4/c1-5-23-17(21)11-10-15-6-8-16(9-7-15)12-13-20-14-18(22)24-19(2,3)4/h10-11,15-16,20H,5-9,12-14H2,1-4H3/b11-10+. The van der Waals surface area contributed by atoms with E-state index in [1.165, 1.54) is 12.8 Å². The fourth-order valence-corrected chi connectivity index (χ4v) is 2.95. The van der Waals surface area contributed by atoms with Crippen LogP contribution >= 0.6 is 0 Å². The van der Waals surface area contributed by atoms with E-state index in [2.05, 4.69) is 5.32 Å². The van der Waals surface area contributed by atoms with Crippen LogP contribution in [0, 0.1) is 11.8 Å². The van der Waals surface area contributed by atoms with Crippen molar-refractivity contribution in [2.75, 3.05) is 19.7 Å². The zero-order valence-corrected chi connectivity index (χ0v) is 15.6. The van der Waals surface area contributed by atoms with E-state index in [9.17, 15) is 9.59 Å². The molecule has 138 valence electrons. The predicted octanol–water partition coefficient (Wildman–Crippen LogP) is 3.23. The van der Waals surface area contributed by atoms with Gasteiger partial charge in [0.25, 0.3) is 0 Å². The quantitative estimate of drug-likeness (QED) is 0.418. The van der Waals surface area contributed by atoms with Gasteiger partial charge in [-0.25, -0.2) is 4.79 Å². The third kappa shape index (κ3) is 9.71. The summed E-state index contributed by atoms with van der Waals surface area (Å²) < 4.78 is 10.2. The van der Waals surface area contributed by atoms with E-state index in [4.69, 9.17) is 9.47 Å². The number of carbonyl (C=O) groups is 2. The van der Waals surface area contributed by atoms with Gasteiger partial charge in [0.05, 0.1) is 13.2 Å². The van der Waals surface area contributed by atoms with Crippen LogP contribution in [-0.4, -0.2) is 37.2 Å². The molecule has 0 radical (unpaired) electrons. The summed E-state index contributed by atoms with van der Waals surface area (Å²) in [6.45, 7) is 8.97. The molecule has 1 rings (SSSR count). The normalized spacial score (nSPS) is 21.7. The molecule has 0 amide bonds. The van der Waals surface area contributed by atoms with E-state index in [0.717, 1.165) is 25.8 Å². The van der Waals surface area contributed by atoms with Gasteiger partial charge in [0.15, 0.2) is 0 Å². The first-order valence-electron chi connectivity index (χ1n) is 9.07. The molecule has 5 nitrogen and oxygen atoms in total. The highest BCUT2D eigenvalue weighted by atomic mass is 16.6. The molecule has 0 spiro atoms. The van der Waals surface area contributed by atoms with Crippen molar-refractivity contribution in [3.63, 3.8) is 0 Å². The van der Waals surface area contributed by atoms with E-state index in [1.807, 2.05) is 33.8 Å². The highest BCUT2D eigenvalue weighted by molar-refractivity contribution is 5.81. The molecule has 24 heavy (non-hydrogen) atoms. The van der Waals surface area contributed by atoms with Crippen molar-refractivity contribution in [3.8, 4) is 0 Å². The Balaban J connectivity index is 2.12. The van der Waals surface area contributed by atoms with Crippen molar-refractivity contribution in [1.82, 2.24) is 5.32 Å². The maximum absolute atomic E-state index is 11.6. The number of esters is 2. The molecule has 0 saturated heterocycles. The number of ether oxygens (including phenoxy) is 2. The Morgan fingerprint density at radius 1 is 1.17 bits per heavy atom. The molecule has 1 N–H and O–H groups in total. The van der Waals surface area contributed by atoms with Crippen LogP contribution in [0.1, 0.15) is 59.8 Å². The van der Waals surface area contributed by atoms with E-state index in [-0.39, 0.29) is 18.5 Å². The Morgan fingerprint density at radius 3 is 2.42 bits per heavy atom. The fourth-order valence-electron chi connectivity index (χ4n) is 2.95. The Labute approximate surface area is 146 Å². The van der Waals surface area contributed by atoms with E-state index in [0.29, 0.717) is 18.4 Å². The molecule has 0 unspecified atom stereocenters. The lowest BCUT2D eigenvalue weighted by Gasteiger charge is -2.26. The van der Waals surface area contributed by atoms with Gasteiger partial charge in [0.2, 0.25) is 0 Å².